The van der Waals surface area contributed by atoms with Gasteiger partial charge in [-0.1, -0.05) is 22.9 Å². The minimum atomic E-state index is -0.540. The van der Waals surface area contributed by atoms with Gasteiger partial charge in [-0.2, -0.15) is 4.98 Å². The average molecular weight is 350 g/mol. The summed E-state index contributed by atoms with van der Waals surface area (Å²) >= 11 is 10.0. The quantitative estimate of drug-likeness (QED) is 0.626. The fraction of sp³-hybridized carbons (Fsp3) is 0.100. The third-order valence-electron chi connectivity index (χ3n) is 1.84. The number of methoxy groups -OCH3 is 1. The highest BCUT2D eigenvalue weighted by atomic mass is 79.9. The van der Waals surface area contributed by atoms with Crippen molar-refractivity contribution < 1.29 is 14.3 Å². The highest BCUT2D eigenvalue weighted by molar-refractivity contribution is 9.10. The van der Waals surface area contributed by atoms with Crippen molar-refractivity contribution in [1.29, 1.82) is 0 Å². The number of halogens is 2. The second-order valence-electron chi connectivity index (χ2n) is 3.01. The van der Waals surface area contributed by atoms with Crippen molar-refractivity contribution in [2.45, 2.75) is 0 Å². The summed E-state index contributed by atoms with van der Waals surface area (Å²) in [6.45, 7) is 0. The Morgan fingerprint density at radius 3 is 2.89 bits per heavy atom. The van der Waals surface area contributed by atoms with E-state index in [1.54, 1.807) is 12.1 Å². The fourth-order valence-electron chi connectivity index (χ4n) is 1.07. The first-order chi connectivity index (χ1) is 8.60. The molecule has 0 saturated carbocycles. The van der Waals surface area contributed by atoms with Gasteiger partial charge in [0.25, 0.3) is 5.19 Å². The van der Waals surface area contributed by atoms with Gasteiger partial charge < -0.3 is 9.47 Å². The van der Waals surface area contributed by atoms with Gasteiger partial charge in [0.1, 0.15) is 10.4 Å². The maximum absolute atomic E-state index is 11.3. The van der Waals surface area contributed by atoms with Gasteiger partial charge >= 0.3 is 5.97 Å². The van der Waals surface area contributed by atoms with Crippen molar-refractivity contribution in [1.82, 2.24) is 9.97 Å². The van der Waals surface area contributed by atoms with Gasteiger partial charge in [0.2, 0.25) is 0 Å². The molecule has 0 radical (unpaired) electrons. The van der Waals surface area contributed by atoms with Gasteiger partial charge in [-0.25, -0.2) is 9.78 Å². The average Bonchev–Trinajstić information content (AvgIpc) is 2.72. The molecule has 0 aliphatic rings. The largest absolute Gasteiger partial charge is 0.465 e. The van der Waals surface area contributed by atoms with Gasteiger partial charge in [0.15, 0.2) is 10.0 Å². The van der Waals surface area contributed by atoms with Crippen LogP contribution in [0.3, 0.4) is 0 Å². The monoisotopic (exact) mass is 348 g/mol. The predicted molar refractivity (Wildman–Crippen MR) is 70.5 cm³/mol. The van der Waals surface area contributed by atoms with Crippen molar-refractivity contribution in [3.05, 3.63) is 33.0 Å². The highest BCUT2D eigenvalue weighted by Crippen LogP contribution is 2.32. The standard InChI is InChI=1S/C10H6BrClN2O3S/c1-16-9(15)7-8(12)14-10(18-7)17-5-2-3-6(11)13-4-5/h2-4H,1H3. The second-order valence-corrected chi connectivity index (χ2v) is 5.14. The van der Waals surface area contributed by atoms with Crippen LogP contribution in [0.1, 0.15) is 9.67 Å². The van der Waals surface area contributed by atoms with Crippen LogP contribution in [0.4, 0.5) is 0 Å². The summed E-state index contributed by atoms with van der Waals surface area (Å²) < 4.78 is 10.7. The molecule has 0 N–H and O–H groups in total. The molecule has 94 valence electrons. The summed E-state index contributed by atoms with van der Waals surface area (Å²) in [5.41, 5.74) is 0. The van der Waals surface area contributed by atoms with Gasteiger partial charge in [-0.3, -0.25) is 0 Å². The van der Waals surface area contributed by atoms with Gasteiger partial charge in [-0.05, 0) is 28.1 Å². The second kappa shape index (κ2) is 5.64. The molecule has 0 bridgehead atoms. The van der Waals surface area contributed by atoms with Crippen LogP contribution in [0.15, 0.2) is 22.9 Å². The lowest BCUT2D eigenvalue weighted by Gasteiger charge is -1.99. The van der Waals surface area contributed by atoms with Crippen molar-refractivity contribution in [3.8, 4) is 10.9 Å². The lowest BCUT2D eigenvalue weighted by atomic mass is 10.5. The molecular formula is C10H6BrClN2O3S. The minimum Gasteiger partial charge on any atom is -0.465 e. The van der Waals surface area contributed by atoms with Gasteiger partial charge in [0.05, 0.1) is 13.3 Å². The lowest BCUT2D eigenvalue weighted by Crippen LogP contribution is -1.98. The molecule has 0 aromatic carbocycles. The molecule has 18 heavy (non-hydrogen) atoms. The maximum atomic E-state index is 11.3. The van der Waals surface area contributed by atoms with E-state index in [0.717, 1.165) is 11.3 Å². The Morgan fingerprint density at radius 2 is 2.28 bits per heavy atom. The number of ether oxygens (including phenoxy) is 2. The molecule has 2 aromatic heterocycles. The molecule has 0 amide bonds. The molecule has 0 fully saturated rings. The molecule has 0 unspecified atom stereocenters. The summed E-state index contributed by atoms with van der Waals surface area (Å²) in [5.74, 6) is -0.0405. The minimum absolute atomic E-state index is 0.0620. The number of rotatable bonds is 3. The molecule has 0 saturated heterocycles. The number of hydrogen-bond donors (Lipinski definition) is 0. The molecule has 2 aromatic rings. The van der Waals surface area contributed by atoms with Crippen molar-refractivity contribution in [3.63, 3.8) is 0 Å². The maximum Gasteiger partial charge on any atom is 0.351 e. The van der Waals surface area contributed by atoms with E-state index in [4.69, 9.17) is 16.3 Å². The zero-order chi connectivity index (χ0) is 13.1. The van der Waals surface area contributed by atoms with Crippen LogP contribution < -0.4 is 4.74 Å². The number of aromatic nitrogens is 2. The van der Waals surface area contributed by atoms with Crippen LogP contribution in [0.25, 0.3) is 0 Å². The number of hydrogen-bond acceptors (Lipinski definition) is 6. The van der Waals surface area contributed by atoms with E-state index in [9.17, 15) is 4.79 Å². The van der Waals surface area contributed by atoms with Crippen LogP contribution >= 0.6 is 38.9 Å². The summed E-state index contributed by atoms with van der Waals surface area (Å²) in [6, 6.07) is 3.44. The molecule has 0 atom stereocenters. The zero-order valence-electron chi connectivity index (χ0n) is 9.02. The zero-order valence-corrected chi connectivity index (χ0v) is 12.2. The first-order valence-electron chi connectivity index (χ1n) is 4.64. The summed E-state index contributed by atoms with van der Waals surface area (Å²) in [4.78, 5) is 19.5. The molecule has 5 nitrogen and oxygen atoms in total. The first kappa shape index (κ1) is 13.3. The Hall–Kier alpha value is -1.18. The third kappa shape index (κ3) is 2.98. The van der Waals surface area contributed by atoms with Crippen molar-refractivity contribution in [2.75, 3.05) is 7.11 Å². The van der Waals surface area contributed by atoms with E-state index in [-0.39, 0.29) is 15.2 Å². The Kier molecular flexibility index (Phi) is 4.15. The SMILES string of the molecule is COC(=O)c1sc(Oc2ccc(Br)nc2)nc1Cl. The van der Waals surface area contributed by atoms with Crippen molar-refractivity contribution in [2.24, 2.45) is 0 Å². The summed E-state index contributed by atoms with van der Waals surface area (Å²) in [7, 11) is 1.28. The summed E-state index contributed by atoms with van der Waals surface area (Å²) in [6.07, 6.45) is 1.53. The van der Waals surface area contributed by atoms with Crippen LogP contribution in [0.5, 0.6) is 10.9 Å². The predicted octanol–water partition coefficient (Wildman–Crippen LogP) is 3.53. The number of esters is 1. The topological polar surface area (TPSA) is 61.3 Å². The number of pyridine rings is 1. The van der Waals surface area contributed by atoms with E-state index in [1.807, 2.05) is 0 Å². The molecule has 2 rings (SSSR count). The molecule has 8 heteroatoms. The normalized spacial score (nSPS) is 10.2. The molecule has 2 heterocycles. The van der Waals surface area contributed by atoms with Crippen LogP contribution in [-0.4, -0.2) is 23.0 Å². The third-order valence-corrected chi connectivity index (χ3v) is 3.61. The molecular weight excluding hydrogens is 344 g/mol. The van der Waals surface area contributed by atoms with Crippen LogP contribution in [0.2, 0.25) is 5.15 Å². The van der Waals surface area contributed by atoms with Gasteiger partial charge in [-0.15, -0.1) is 0 Å². The number of thiazole rings is 1. The number of carbonyl (C=O) groups is 1. The van der Waals surface area contributed by atoms with Crippen LogP contribution in [0, 0.1) is 0 Å². The Balaban J connectivity index is 2.20. The smallest absolute Gasteiger partial charge is 0.351 e. The lowest BCUT2D eigenvalue weighted by molar-refractivity contribution is 0.0606. The highest BCUT2D eigenvalue weighted by Gasteiger charge is 2.18. The van der Waals surface area contributed by atoms with E-state index >= 15 is 0 Å². The van der Waals surface area contributed by atoms with E-state index in [0.29, 0.717) is 10.4 Å². The van der Waals surface area contributed by atoms with E-state index in [1.165, 1.54) is 13.3 Å². The van der Waals surface area contributed by atoms with E-state index in [2.05, 4.69) is 30.6 Å². The summed E-state index contributed by atoms with van der Waals surface area (Å²) in [5, 5.41) is 0.316. The molecule has 0 aliphatic heterocycles. The van der Waals surface area contributed by atoms with Crippen LogP contribution in [-0.2, 0) is 4.74 Å². The molecule has 0 spiro atoms. The van der Waals surface area contributed by atoms with Gasteiger partial charge in [0, 0.05) is 0 Å². The van der Waals surface area contributed by atoms with Crippen molar-refractivity contribution >= 4 is 44.8 Å². The molecule has 0 aliphatic carbocycles. The first-order valence-corrected chi connectivity index (χ1v) is 6.63. The Morgan fingerprint density at radius 1 is 1.50 bits per heavy atom. The Bertz CT molecular complexity index is 573. The fourth-order valence-corrected chi connectivity index (χ4v) is 2.37. The van der Waals surface area contributed by atoms with E-state index < -0.39 is 5.97 Å². The number of nitrogens with zero attached hydrogens (tertiary/aromatic N) is 2. The Labute approximate surface area is 120 Å². The number of carbonyl (C=O) groups excluding carboxylic acids is 1.